The van der Waals surface area contributed by atoms with Crippen LogP contribution in [0.3, 0.4) is 0 Å². The highest BCUT2D eigenvalue weighted by atomic mass is 16.5. The van der Waals surface area contributed by atoms with Gasteiger partial charge in [0, 0.05) is 18.3 Å². The minimum atomic E-state index is -0.298. The summed E-state index contributed by atoms with van der Waals surface area (Å²) in [6.07, 6.45) is 3.39. The zero-order valence-electron chi connectivity index (χ0n) is 14.9. The van der Waals surface area contributed by atoms with Crippen LogP contribution in [0.2, 0.25) is 0 Å². The molecular formula is C19H20N2O5. The summed E-state index contributed by atoms with van der Waals surface area (Å²) in [6, 6.07) is 7.30. The zero-order chi connectivity index (χ0) is 18.5. The summed E-state index contributed by atoms with van der Waals surface area (Å²) in [5.74, 6) is 1.53. The quantitative estimate of drug-likeness (QED) is 0.856. The standard InChI is InChI=1S/C19H20N2O5/c1-23-15-7-12(8-16(24-2)18(15)25-3)10-21-19(22)17-9-13-5-4-6-20-14(13)11-26-17/h4-9H,10-11H2,1-3H3,(H,21,22). The van der Waals surface area contributed by atoms with Crippen molar-refractivity contribution in [3.05, 3.63) is 53.0 Å². The topological polar surface area (TPSA) is 78.9 Å². The molecule has 7 heteroatoms. The van der Waals surface area contributed by atoms with Gasteiger partial charge in [-0.25, -0.2) is 0 Å². The smallest absolute Gasteiger partial charge is 0.286 e. The van der Waals surface area contributed by atoms with E-state index in [1.807, 2.05) is 12.1 Å². The Morgan fingerprint density at radius 3 is 2.58 bits per heavy atom. The van der Waals surface area contributed by atoms with Crippen LogP contribution in [0.1, 0.15) is 16.8 Å². The number of hydrogen-bond donors (Lipinski definition) is 1. The van der Waals surface area contributed by atoms with Crippen LogP contribution in [0.4, 0.5) is 0 Å². The van der Waals surface area contributed by atoms with Crippen molar-refractivity contribution >= 4 is 12.0 Å². The van der Waals surface area contributed by atoms with Gasteiger partial charge >= 0.3 is 0 Å². The lowest BCUT2D eigenvalue weighted by Crippen LogP contribution is -2.26. The number of aromatic nitrogens is 1. The zero-order valence-corrected chi connectivity index (χ0v) is 14.9. The highest BCUT2D eigenvalue weighted by Crippen LogP contribution is 2.38. The lowest BCUT2D eigenvalue weighted by atomic mass is 10.1. The number of hydrogen-bond acceptors (Lipinski definition) is 6. The van der Waals surface area contributed by atoms with Gasteiger partial charge in [0.25, 0.3) is 5.91 Å². The molecule has 1 aromatic carbocycles. The fourth-order valence-electron chi connectivity index (χ4n) is 2.67. The number of nitrogens with zero attached hydrogens (tertiary/aromatic N) is 1. The van der Waals surface area contributed by atoms with Crippen LogP contribution in [0.25, 0.3) is 6.08 Å². The van der Waals surface area contributed by atoms with E-state index in [2.05, 4.69) is 10.3 Å². The summed E-state index contributed by atoms with van der Waals surface area (Å²) in [7, 11) is 4.64. The lowest BCUT2D eigenvalue weighted by molar-refractivity contribution is -0.121. The third-order valence-electron chi connectivity index (χ3n) is 3.98. The van der Waals surface area contributed by atoms with Gasteiger partial charge in [0.15, 0.2) is 17.3 Å². The summed E-state index contributed by atoms with van der Waals surface area (Å²) in [4.78, 5) is 16.6. The average Bonchev–Trinajstić information content (AvgIpc) is 2.70. The first-order valence-corrected chi connectivity index (χ1v) is 8.01. The second-order valence-electron chi connectivity index (χ2n) is 5.55. The Morgan fingerprint density at radius 2 is 1.92 bits per heavy atom. The van der Waals surface area contributed by atoms with E-state index < -0.39 is 0 Å². The number of ether oxygens (including phenoxy) is 4. The van der Waals surface area contributed by atoms with Gasteiger partial charge in [0.2, 0.25) is 5.75 Å². The molecule has 7 nitrogen and oxygen atoms in total. The van der Waals surface area contributed by atoms with E-state index in [1.165, 1.54) is 0 Å². The Hall–Kier alpha value is -3.22. The summed E-state index contributed by atoms with van der Waals surface area (Å²) in [6.45, 7) is 0.565. The Morgan fingerprint density at radius 1 is 1.19 bits per heavy atom. The fourth-order valence-corrected chi connectivity index (χ4v) is 2.67. The predicted octanol–water partition coefficient (Wildman–Crippen LogP) is 2.29. The SMILES string of the molecule is COc1cc(CNC(=O)C2=Cc3cccnc3CO2)cc(OC)c1OC. The molecule has 0 saturated carbocycles. The third-order valence-corrected chi connectivity index (χ3v) is 3.98. The largest absolute Gasteiger partial charge is 0.493 e. The van der Waals surface area contributed by atoms with Crippen molar-refractivity contribution in [2.75, 3.05) is 21.3 Å². The van der Waals surface area contributed by atoms with Gasteiger partial charge in [-0.1, -0.05) is 6.07 Å². The van der Waals surface area contributed by atoms with E-state index in [9.17, 15) is 4.79 Å². The van der Waals surface area contributed by atoms with Crippen molar-refractivity contribution in [3.63, 3.8) is 0 Å². The minimum absolute atomic E-state index is 0.262. The Balaban J connectivity index is 1.73. The van der Waals surface area contributed by atoms with Crippen molar-refractivity contribution in [3.8, 4) is 17.2 Å². The van der Waals surface area contributed by atoms with Crippen LogP contribution >= 0.6 is 0 Å². The number of nitrogens with one attached hydrogen (secondary N) is 1. The van der Waals surface area contributed by atoms with Crippen molar-refractivity contribution in [2.45, 2.75) is 13.2 Å². The van der Waals surface area contributed by atoms with E-state index in [-0.39, 0.29) is 24.8 Å². The molecule has 0 saturated heterocycles. The van der Waals surface area contributed by atoms with Gasteiger partial charge in [-0.3, -0.25) is 9.78 Å². The maximum absolute atomic E-state index is 12.4. The van der Waals surface area contributed by atoms with Crippen LogP contribution in [0, 0.1) is 0 Å². The van der Waals surface area contributed by atoms with E-state index in [1.54, 1.807) is 45.7 Å². The highest BCUT2D eigenvalue weighted by molar-refractivity contribution is 5.96. The summed E-state index contributed by atoms with van der Waals surface area (Å²) < 4.78 is 21.4. The van der Waals surface area contributed by atoms with E-state index >= 15 is 0 Å². The van der Waals surface area contributed by atoms with Gasteiger partial charge in [-0.2, -0.15) is 0 Å². The van der Waals surface area contributed by atoms with Gasteiger partial charge in [-0.05, 0) is 29.8 Å². The number of benzene rings is 1. The minimum Gasteiger partial charge on any atom is -0.493 e. The summed E-state index contributed by atoms with van der Waals surface area (Å²) in [5, 5.41) is 2.84. The molecule has 136 valence electrons. The molecule has 0 aliphatic carbocycles. The van der Waals surface area contributed by atoms with Crippen LogP contribution < -0.4 is 19.5 Å². The molecule has 2 aromatic rings. The third kappa shape index (κ3) is 3.56. The maximum Gasteiger partial charge on any atom is 0.286 e. The van der Waals surface area contributed by atoms with Crippen molar-refractivity contribution in [1.29, 1.82) is 0 Å². The molecule has 0 atom stereocenters. The molecule has 0 radical (unpaired) electrons. The number of fused-ring (bicyclic) bond motifs is 1. The van der Waals surface area contributed by atoms with Gasteiger partial charge in [0.1, 0.15) is 6.61 Å². The molecule has 1 aromatic heterocycles. The first-order chi connectivity index (χ1) is 12.7. The normalized spacial score (nSPS) is 12.3. The van der Waals surface area contributed by atoms with Crippen molar-refractivity contribution < 1.29 is 23.7 Å². The van der Waals surface area contributed by atoms with Crippen molar-refractivity contribution in [1.82, 2.24) is 10.3 Å². The fraction of sp³-hybridized carbons (Fsp3) is 0.263. The number of rotatable bonds is 6. The molecular weight excluding hydrogens is 336 g/mol. The van der Waals surface area contributed by atoms with Gasteiger partial charge < -0.3 is 24.3 Å². The molecule has 0 spiro atoms. The molecule has 0 bridgehead atoms. The lowest BCUT2D eigenvalue weighted by Gasteiger charge is -2.17. The molecule has 2 heterocycles. The number of carbonyl (C=O) groups is 1. The van der Waals surface area contributed by atoms with E-state index in [0.29, 0.717) is 17.2 Å². The molecule has 3 rings (SSSR count). The van der Waals surface area contributed by atoms with Crippen LogP contribution in [0.15, 0.2) is 36.2 Å². The summed E-state index contributed by atoms with van der Waals surface area (Å²) >= 11 is 0. The van der Waals surface area contributed by atoms with Crippen LogP contribution in [-0.2, 0) is 22.7 Å². The second-order valence-corrected chi connectivity index (χ2v) is 5.55. The number of methoxy groups -OCH3 is 3. The van der Waals surface area contributed by atoms with E-state index in [0.717, 1.165) is 16.8 Å². The second kappa shape index (κ2) is 7.77. The molecule has 26 heavy (non-hydrogen) atoms. The molecule has 1 aliphatic heterocycles. The van der Waals surface area contributed by atoms with Gasteiger partial charge in [0.05, 0.1) is 27.0 Å². The highest BCUT2D eigenvalue weighted by Gasteiger charge is 2.19. The maximum atomic E-state index is 12.4. The molecule has 0 fully saturated rings. The number of pyridine rings is 1. The van der Waals surface area contributed by atoms with Crippen molar-refractivity contribution in [2.24, 2.45) is 0 Å². The number of amides is 1. The number of carbonyl (C=O) groups excluding carboxylic acids is 1. The molecule has 1 amide bonds. The predicted molar refractivity (Wildman–Crippen MR) is 94.9 cm³/mol. The first-order valence-electron chi connectivity index (χ1n) is 8.01. The van der Waals surface area contributed by atoms with Gasteiger partial charge in [-0.15, -0.1) is 0 Å². The van der Waals surface area contributed by atoms with E-state index in [4.69, 9.17) is 18.9 Å². The van der Waals surface area contributed by atoms with Crippen LogP contribution in [-0.4, -0.2) is 32.2 Å². The molecule has 1 aliphatic rings. The Labute approximate surface area is 151 Å². The first kappa shape index (κ1) is 17.6. The molecule has 1 N–H and O–H groups in total. The Kier molecular flexibility index (Phi) is 5.26. The Bertz CT molecular complexity index is 823. The average molecular weight is 356 g/mol. The van der Waals surface area contributed by atoms with Crippen LogP contribution in [0.5, 0.6) is 17.2 Å². The summed E-state index contributed by atoms with van der Waals surface area (Å²) in [5.41, 5.74) is 2.51. The molecule has 0 unspecified atom stereocenters. The monoisotopic (exact) mass is 356 g/mol.